The number of aryl methyl sites for hydroxylation is 1. The standard InChI is InChI=1S/C27H29N7/c1-34-24-12-16(22-14-30-26(32-22)20-4-2-10-28-20)6-8-18(24)19-9-7-17(13-25(19)34)23-15-31-27(33-23)21-5-3-11-29-21/h6-9,12-15,20-21,28-29H,2-5,10-11H2,1H3,(H,30,32)(H,31,33). The molecule has 5 heterocycles. The number of nitrogens with zero attached hydrogens (tertiary/aromatic N) is 3. The van der Waals surface area contributed by atoms with Crippen molar-refractivity contribution in [2.45, 2.75) is 37.8 Å². The Kier molecular flexibility index (Phi) is 4.60. The molecule has 2 saturated heterocycles. The highest BCUT2D eigenvalue weighted by Gasteiger charge is 2.21. The van der Waals surface area contributed by atoms with Gasteiger partial charge in [0.05, 0.1) is 35.9 Å². The second-order valence-electron chi connectivity index (χ2n) is 9.68. The average molecular weight is 452 g/mol. The van der Waals surface area contributed by atoms with Crippen LogP contribution in [0.4, 0.5) is 0 Å². The van der Waals surface area contributed by atoms with Crippen LogP contribution in [0.3, 0.4) is 0 Å². The summed E-state index contributed by atoms with van der Waals surface area (Å²) in [6.45, 7) is 2.14. The first kappa shape index (κ1) is 20.0. The zero-order valence-electron chi connectivity index (χ0n) is 19.4. The predicted molar refractivity (Wildman–Crippen MR) is 136 cm³/mol. The average Bonchev–Trinajstić information content (AvgIpc) is 3.69. The fourth-order valence-corrected chi connectivity index (χ4v) is 5.70. The smallest absolute Gasteiger partial charge is 0.123 e. The van der Waals surface area contributed by atoms with E-state index in [-0.39, 0.29) is 0 Å². The second kappa shape index (κ2) is 7.82. The molecule has 2 unspecified atom stereocenters. The molecule has 5 aromatic rings. The molecule has 2 aromatic carbocycles. The van der Waals surface area contributed by atoms with E-state index in [0.29, 0.717) is 12.1 Å². The first-order valence-corrected chi connectivity index (χ1v) is 12.3. The Balaban J connectivity index is 1.26. The Bertz CT molecular complexity index is 1380. The molecule has 0 amide bonds. The van der Waals surface area contributed by atoms with Gasteiger partial charge in [-0.3, -0.25) is 0 Å². The van der Waals surface area contributed by atoms with Gasteiger partial charge in [0.25, 0.3) is 0 Å². The van der Waals surface area contributed by atoms with Crippen molar-refractivity contribution in [1.82, 2.24) is 35.1 Å². The molecule has 0 spiro atoms. The summed E-state index contributed by atoms with van der Waals surface area (Å²) >= 11 is 0. The van der Waals surface area contributed by atoms with E-state index >= 15 is 0 Å². The van der Waals surface area contributed by atoms with Crippen LogP contribution >= 0.6 is 0 Å². The van der Waals surface area contributed by atoms with Gasteiger partial charge in [0, 0.05) is 40.0 Å². The van der Waals surface area contributed by atoms with Crippen LogP contribution < -0.4 is 10.6 Å². The summed E-state index contributed by atoms with van der Waals surface area (Å²) < 4.78 is 2.29. The molecule has 7 rings (SSSR count). The van der Waals surface area contributed by atoms with Crippen LogP contribution in [-0.4, -0.2) is 37.6 Å². The maximum absolute atomic E-state index is 4.66. The molecule has 2 aliphatic rings. The summed E-state index contributed by atoms with van der Waals surface area (Å²) in [6, 6.07) is 14.1. The molecule has 172 valence electrons. The molecule has 3 aromatic heterocycles. The van der Waals surface area contributed by atoms with Crippen molar-refractivity contribution in [1.29, 1.82) is 0 Å². The molecule has 0 radical (unpaired) electrons. The molecule has 34 heavy (non-hydrogen) atoms. The van der Waals surface area contributed by atoms with Gasteiger partial charge in [-0.15, -0.1) is 0 Å². The highest BCUT2D eigenvalue weighted by Crippen LogP contribution is 2.34. The monoisotopic (exact) mass is 451 g/mol. The van der Waals surface area contributed by atoms with Crippen molar-refractivity contribution < 1.29 is 0 Å². The first-order chi connectivity index (χ1) is 16.7. The van der Waals surface area contributed by atoms with Gasteiger partial charge in [-0.25, -0.2) is 9.97 Å². The number of benzene rings is 2. The minimum atomic E-state index is 0.348. The van der Waals surface area contributed by atoms with Crippen LogP contribution in [0.15, 0.2) is 48.8 Å². The fourth-order valence-electron chi connectivity index (χ4n) is 5.70. The van der Waals surface area contributed by atoms with Gasteiger partial charge in [0.2, 0.25) is 0 Å². The van der Waals surface area contributed by atoms with Crippen LogP contribution in [0.25, 0.3) is 44.3 Å². The van der Waals surface area contributed by atoms with Crippen LogP contribution in [0.5, 0.6) is 0 Å². The maximum Gasteiger partial charge on any atom is 0.123 e. The minimum Gasteiger partial charge on any atom is -0.344 e. The van der Waals surface area contributed by atoms with Gasteiger partial charge in [0.15, 0.2) is 0 Å². The number of H-pyrrole nitrogens is 2. The van der Waals surface area contributed by atoms with Crippen LogP contribution in [0.2, 0.25) is 0 Å². The van der Waals surface area contributed by atoms with Gasteiger partial charge in [-0.05, 0) is 50.9 Å². The topological polar surface area (TPSA) is 86.3 Å². The van der Waals surface area contributed by atoms with Gasteiger partial charge < -0.3 is 25.2 Å². The third-order valence-corrected chi connectivity index (χ3v) is 7.60. The number of rotatable bonds is 4. The van der Waals surface area contributed by atoms with Crippen LogP contribution in [0, 0.1) is 0 Å². The van der Waals surface area contributed by atoms with E-state index in [2.05, 4.69) is 78.6 Å². The molecule has 2 fully saturated rings. The number of imidazole rings is 2. The summed E-state index contributed by atoms with van der Waals surface area (Å²) in [6.07, 6.45) is 8.64. The molecule has 4 N–H and O–H groups in total. The van der Waals surface area contributed by atoms with E-state index in [0.717, 1.165) is 60.1 Å². The van der Waals surface area contributed by atoms with Crippen molar-refractivity contribution in [3.63, 3.8) is 0 Å². The number of fused-ring (bicyclic) bond motifs is 3. The van der Waals surface area contributed by atoms with E-state index in [4.69, 9.17) is 0 Å². The van der Waals surface area contributed by atoms with E-state index in [9.17, 15) is 0 Å². The normalized spacial score (nSPS) is 20.7. The zero-order chi connectivity index (χ0) is 22.6. The number of nitrogens with one attached hydrogen (secondary N) is 4. The Labute approximate surface area is 198 Å². The van der Waals surface area contributed by atoms with Crippen molar-refractivity contribution in [3.8, 4) is 22.5 Å². The summed E-state index contributed by atoms with van der Waals surface area (Å²) in [7, 11) is 2.15. The molecule has 0 aliphatic carbocycles. The number of hydrogen-bond acceptors (Lipinski definition) is 4. The third kappa shape index (κ3) is 3.19. The summed E-state index contributed by atoms with van der Waals surface area (Å²) in [5.41, 5.74) is 6.92. The SMILES string of the molecule is Cn1c2cc(-c3cnc(C4CCCN4)[nH]3)ccc2c2ccc(-c3cnc(C4CCCN4)[nH]3)cc21. The summed E-state index contributed by atoms with van der Waals surface area (Å²) in [5, 5.41) is 9.58. The Morgan fingerprint density at radius 1 is 0.735 bits per heavy atom. The largest absolute Gasteiger partial charge is 0.344 e. The minimum absolute atomic E-state index is 0.348. The highest BCUT2D eigenvalue weighted by molar-refractivity contribution is 6.09. The van der Waals surface area contributed by atoms with Crippen LogP contribution in [0.1, 0.15) is 49.4 Å². The van der Waals surface area contributed by atoms with Crippen molar-refractivity contribution in [3.05, 3.63) is 60.4 Å². The number of hydrogen-bond donors (Lipinski definition) is 4. The van der Waals surface area contributed by atoms with E-state index in [1.165, 1.54) is 34.6 Å². The van der Waals surface area contributed by atoms with Gasteiger partial charge >= 0.3 is 0 Å². The quantitative estimate of drug-likeness (QED) is 0.311. The summed E-state index contributed by atoms with van der Waals surface area (Å²) in [4.78, 5) is 16.4. The van der Waals surface area contributed by atoms with Crippen molar-refractivity contribution in [2.75, 3.05) is 13.1 Å². The number of aromatic amines is 2. The lowest BCUT2D eigenvalue weighted by Crippen LogP contribution is -2.14. The lowest BCUT2D eigenvalue weighted by Gasteiger charge is -2.06. The zero-order valence-corrected chi connectivity index (χ0v) is 19.4. The first-order valence-electron chi connectivity index (χ1n) is 12.3. The highest BCUT2D eigenvalue weighted by atomic mass is 15.0. The molecule has 7 heteroatoms. The van der Waals surface area contributed by atoms with Gasteiger partial charge in [0.1, 0.15) is 11.6 Å². The molecule has 2 atom stereocenters. The summed E-state index contributed by atoms with van der Waals surface area (Å²) in [5.74, 6) is 2.09. The van der Waals surface area contributed by atoms with Crippen LogP contribution in [-0.2, 0) is 7.05 Å². The number of aromatic nitrogens is 5. The molecule has 0 saturated carbocycles. The second-order valence-corrected chi connectivity index (χ2v) is 9.68. The lowest BCUT2D eigenvalue weighted by atomic mass is 10.1. The molecule has 0 bridgehead atoms. The lowest BCUT2D eigenvalue weighted by molar-refractivity contribution is 0.613. The Hall–Kier alpha value is -3.42. The molecular formula is C27H29N7. The van der Waals surface area contributed by atoms with Gasteiger partial charge in [-0.2, -0.15) is 0 Å². The molecule has 7 nitrogen and oxygen atoms in total. The third-order valence-electron chi connectivity index (χ3n) is 7.60. The van der Waals surface area contributed by atoms with E-state index in [1.807, 2.05) is 12.4 Å². The Morgan fingerprint density at radius 3 is 1.68 bits per heavy atom. The fraction of sp³-hybridized carbons (Fsp3) is 0.333. The van der Waals surface area contributed by atoms with Crippen molar-refractivity contribution in [2.24, 2.45) is 7.05 Å². The van der Waals surface area contributed by atoms with E-state index < -0.39 is 0 Å². The maximum atomic E-state index is 4.66. The Morgan fingerprint density at radius 2 is 1.24 bits per heavy atom. The van der Waals surface area contributed by atoms with E-state index in [1.54, 1.807) is 0 Å². The molecular weight excluding hydrogens is 422 g/mol. The van der Waals surface area contributed by atoms with Crippen molar-refractivity contribution >= 4 is 21.8 Å². The predicted octanol–water partition coefficient (Wildman–Crippen LogP) is 4.96. The molecule has 2 aliphatic heterocycles. The van der Waals surface area contributed by atoms with Gasteiger partial charge in [-0.1, -0.05) is 24.3 Å².